The van der Waals surface area contributed by atoms with Crippen LogP contribution in [-0.2, 0) is 4.79 Å². The largest absolute Gasteiger partial charge is 0.337 e. The molecule has 0 aliphatic heterocycles. The second kappa shape index (κ2) is 8.56. The highest BCUT2D eigenvalue weighted by Crippen LogP contribution is 2.18. The van der Waals surface area contributed by atoms with E-state index in [-0.39, 0.29) is 30.6 Å². The third-order valence-corrected chi connectivity index (χ3v) is 4.60. The monoisotopic (exact) mass is 317 g/mol. The maximum absolute atomic E-state index is 12.2. The van der Waals surface area contributed by atoms with E-state index in [1.54, 1.807) is 11.9 Å². The lowest BCUT2D eigenvalue weighted by atomic mass is 9.96. The number of nitrogens with zero attached hydrogens (tertiary/aromatic N) is 1. The summed E-state index contributed by atoms with van der Waals surface area (Å²) >= 11 is 0. The molecule has 3 amide bonds. The van der Waals surface area contributed by atoms with Crippen LogP contribution in [0.15, 0.2) is 30.3 Å². The molecule has 1 fully saturated rings. The van der Waals surface area contributed by atoms with E-state index in [4.69, 9.17) is 0 Å². The van der Waals surface area contributed by atoms with E-state index in [2.05, 4.69) is 10.6 Å². The number of rotatable bonds is 5. The molecule has 2 rings (SSSR count). The third kappa shape index (κ3) is 5.27. The molecule has 1 unspecified atom stereocenters. The first-order valence-corrected chi connectivity index (χ1v) is 8.43. The summed E-state index contributed by atoms with van der Waals surface area (Å²) in [6.45, 7) is 2.00. The van der Waals surface area contributed by atoms with Gasteiger partial charge in [-0.1, -0.05) is 49.6 Å². The standard InChI is InChI=1S/C18H27N3O2/c1-14(15-9-5-3-6-10-15)21(2)17(22)13-19-18(23)20-16-11-7-4-8-12-16/h3,5-6,9-10,14,16H,4,7-8,11-13H2,1-2H3,(H2,19,20,23). The van der Waals surface area contributed by atoms with E-state index < -0.39 is 0 Å². The summed E-state index contributed by atoms with van der Waals surface area (Å²) in [5, 5.41) is 5.63. The molecular weight excluding hydrogens is 290 g/mol. The number of hydrogen-bond acceptors (Lipinski definition) is 2. The molecule has 1 atom stereocenters. The highest BCUT2D eigenvalue weighted by molar-refractivity contribution is 5.84. The summed E-state index contributed by atoms with van der Waals surface area (Å²) in [6, 6.07) is 9.85. The lowest BCUT2D eigenvalue weighted by Crippen LogP contribution is -2.46. The molecule has 23 heavy (non-hydrogen) atoms. The maximum Gasteiger partial charge on any atom is 0.315 e. The molecule has 5 nitrogen and oxygen atoms in total. The average molecular weight is 317 g/mol. The lowest BCUT2D eigenvalue weighted by Gasteiger charge is -2.26. The average Bonchev–Trinajstić information content (AvgIpc) is 2.60. The molecule has 1 saturated carbocycles. The van der Waals surface area contributed by atoms with E-state index in [1.807, 2.05) is 37.3 Å². The van der Waals surface area contributed by atoms with Crippen molar-refractivity contribution in [1.82, 2.24) is 15.5 Å². The molecule has 0 radical (unpaired) electrons. The number of hydrogen-bond donors (Lipinski definition) is 2. The van der Waals surface area contributed by atoms with Crippen molar-refractivity contribution in [1.29, 1.82) is 0 Å². The van der Waals surface area contributed by atoms with E-state index >= 15 is 0 Å². The fourth-order valence-electron chi connectivity index (χ4n) is 2.94. The van der Waals surface area contributed by atoms with Crippen molar-refractivity contribution in [3.63, 3.8) is 0 Å². The van der Waals surface area contributed by atoms with Gasteiger partial charge in [-0.2, -0.15) is 0 Å². The topological polar surface area (TPSA) is 61.4 Å². The Balaban J connectivity index is 1.76. The van der Waals surface area contributed by atoms with Crippen molar-refractivity contribution in [2.75, 3.05) is 13.6 Å². The predicted molar refractivity (Wildman–Crippen MR) is 91.0 cm³/mol. The fraction of sp³-hybridized carbons (Fsp3) is 0.556. The fourth-order valence-corrected chi connectivity index (χ4v) is 2.94. The zero-order valence-corrected chi connectivity index (χ0v) is 14.0. The minimum Gasteiger partial charge on any atom is -0.337 e. The molecule has 0 heterocycles. The molecule has 1 aliphatic carbocycles. The summed E-state index contributed by atoms with van der Waals surface area (Å²) in [4.78, 5) is 25.8. The minimum absolute atomic E-state index is 0.0201. The molecule has 1 aromatic rings. The molecule has 2 N–H and O–H groups in total. The number of nitrogens with one attached hydrogen (secondary N) is 2. The molecule has 5 heteroatoms. The maximum atomic E-state index is 12.2. The smallest absolute Gasteiger partial charge is 0.315 e. The van der Waals surface area contributed by atoms with Gasteiger partial charge in [0.15, 0.2) is 0 Å². The minimum atomic E-state index is -0.244. The Bertz CT molecular complexity index is 512. The second-order valence-electron chi connectivity index (χ2n) is 6.25. The molecule has 0 bridgehead atoms. The number of amides is 3. The van der Waals surface area contributed by atoms with Gasteiger partial charge in [0, 0.05) is 13.1 Å². The van der Waals surface area contributed by atoms with Gasteiger partial charge in [-0.25, -0.2) is 4.79 Å². The van der Waals surface area contributed by atoms with Crippen LogP contribution in [0.1, 0.15) is 50.6 Å². The number of benzene rings is 1. The van der Waals surface area contributed by atoms with E-state index in [9.17, 15) is 9.59 Å². The molecule has 0 spiro atoms. The van der Waals surface area contributed by atoms with Gasteiger partial charge in [0.1, 0.15) is 0 Å². The molecule has 1 aliphatic rings. The summed E-state index contributed by atoms with van der Waals surface area (Å²) in [5.41, 5.74) is 1.08. The number of carbonyl (C=O) groups excluding carboxylic acids is 2. The first kappa shape index (κ1) is 17.3. The second-order valence-corrected chi connectivity index (χ2v) is 6.25. The van der Waals surface area contributed by atoms with Crippen molar-refractivity contribution in [3.8, 4) is 0 Å². The number of carbonyl (C=O) groups is 2. The Morgan fingerprint density at radius 2 is 1.83 bits per heavy atom. The first-order valence-electron chi connectivity index (χ1n) is 8.43. The van der Waals surface area contributed by atoms with Gasteiger partial charge in [0.2, 0.25) is 5.91 Å². The number of likely N-dealkylation sites (N-methyl/N-ethyl adjacent to an activating group) is 1. The van der Waals surface area contributed by atoms with Gasteiger partial charge in [-0.3, -0.25) is 4.79 Å². The van der Waals surface area contributed by atoms with Crippen LogP contribution in [0.3, 0.4) is 0 Å². The van der Waals surface area contributed by atoms with Gasteiger partial charge in [-0.15, -0.1) is 0 Å². The number of urea groups is 1. The van der Waals surface area contributed by atoms with Gasteiger partial charge < -0.3 is 15.5 Å². The Kier molecular flexibility index (Phi) is 6.44. The van der Waals surface area contributed by atoms with Crippen LogP contribution in [0.5, 0.6) is 0 Å². The Morgan fingerprint density at radius 1 is 1.17 bits per heavy atom. The molecule has 126 valence electrons. The Morgan fingerprint density at radius 3 is 2.48 bits per heavy atom. The Labute approximate surface area is 138 Å². The molecule has 0 saturated heterocycles. The van der Waals surface area contributed by atoms with Gasteiger partial charge >= 0.3 is 6.03 Å². The predicted octanol–water partition coefficient (Wildman–Crippen LogP) is 2.84. The van der Waals surface area contributed by atoms with E-state index in [0.717, 1.165) is 18.4 Å². The Hall–Kier alpha value is -2.04. The normalized spacial score (nSPS) is 16.4. The van der Waals surface area contributed by atoms with E-state index in [1.165, 1.54) is 19.3 Å². The van der Waals surface area contributed by atoms with E-state index in [0.29, 0.717) is 0 Å². The quantitative estimate of drug-likeness (QED) is 0.877. The molecule has 0 aromatic heterocycles. The van der Waals surface area contributed by atoms with Gasteiger partial charge in [-0.05, 0) is 25.3 Å². The summed E-state index contributed by atoms with van der Waals surface area (Å²) in [6.07, 6.45) is 5.65. The van der Waals surface area contributed by atoms with Crippen molar-refractivity contribution in [2.24, 2.45) is 0 Å². The van der Waals surface area contributed by atoms with Crippen molar-refractivity contribution in [3.05, 3.63) is 35.9 Å². The molecular formula is C18H27N3O2. The van der Waals surface area contributed by atoms with Crippen LogP contribution in [-0.4, -0.2) is 36.5 Å². The summed E-state index contributed by atoms with van der Waals surface area (Å²) in [5.74, 6) is -0.0971. The zero-order valence-electron chi connectivity index (χ0n) is 14.0. The van der Waals surface area contributed by atoms with Crippen LogP contribution >= 0.6 is 0 Å². The molecule has 1 aromatic carbocycles. The highest BCUT2D eigenvalue weighted by atomic mass is 16.2. The summed E-state index contributed by atoms with van der Waals surface area (Å²) in [7, 11) is 1.76. The van der Waals surface area contributed by atoms with Gasteiger partial charge in [0.25, 0.3) is 0 Å². The van der Waals surface area contributed by atoms with Gasteiger partial charge in [0.05, 0.1) is 12.6 Å². The van der Waals surface area contributed by atoms with Crippen LogP contribution in [0, 0.1) is 0 Å². The zero-order chi connectivity index (χ0) is 16.7. The van der Waals surface area contributed by atoms with Crippen molar-refractivity contribution in [2.45, 2.75) is 51.1 Å². The van der Waals surface area contributed by atoms with Crippen LogP contribution in [0.4, 0.5) is 4.79 Å². The van der Waals surface area contributed by atoms with Crippen LogP contribution < -0.4 is 10.6 Å². The first-order chi connectivity index (χ1) is 11.1. The van der Waals surface area contributed by atoms with Crippen molar-refractivity contribution >= 4 is 11.9 Å². The van der Waals surface area contributed by atoms with Crippen molar-refractivity contribution < 1.29 is 9.59 Å². The third-order valence-electron chi connectivity index (χ3n) is 4.60. The van der Waals surface area contributed by atoms with Crippen LogP contribution in [0.25, 0.3) is 0 Å². The highest BCUT2D eigenvalue weighted by Gasteiger charge is 2.19. The summed E-state index contributed by atoms with van der Waals surface area (Å²) < 4.78 is 0. The lowest BCUT2D eigenvalue weighted by molar-refractivity contribution is -0.130. The SMILES string of the molecule is CC(c1ccccc1)N(C)C(=O)CNC(=O)NC1CCCCC1. The van der Waals surface area contributed by atoms with Crippen LogP contribution in [0.2, 0.25) is 0 Å².